The average Bonchev–Trinajstić information content (AvgIpc) is 3.73. The fourth-order valence-corrected chi connectivity index (χ4v) is 6.61. The normalized spacial score (nSPS) is 15.7. The van der Waals surface area contributed by atoms with Gasteiger partial charge in [0.2, 0.25) is 47.3 Å². The lowest BCUT2D eigenvalue weighted by atomic mass is 9.95. The molecule has 0 aliphatic rings. The number of hydrogen-bond acceptors (Lipinski definition) is 11. The van der Waals surface area contributed by atoms with E-state index in [0.717, 1.165) is 0 Å². The fraction of sp³-hybridized carbons (Fsp3) is 0.727. The molecule has 0 radical (unpaired) electrons. The Morgan fingerprint density at radius 3 is 1.40 bits per heavy atom. The lowest BCUT2D eigenvalue weighted by molar-refractivity contribution is -0.142. The largest absolute Gasteiger partial charge is 0.480 e. The predicted octanol–water partition coefficient (Wildman–Crippen LogP) is 0.000100. The lowest BCUT2D eigenvalue weighted by Crippen LogP contribution is -2.62. The molecule has 0 unspecified atom stereocenters. The fourth-order valence-electron chi connectivity index (χ4n) is 6.61. The Labute approximate surface area is 383 Å². The summed E-state index contributed by atoms with van der Waals surface area (Å²) in [5.41, 5.74) is 6.24. The Hall–Kier alpha value is -5.60. The third-order valence-electron chi connectivity index (χ3n) is 10.7. The van der Waals surface area contributed by atoms with Gasteiger partial charge in [0.1, 0.15) is 42.3 Å². The summed E-state index contributed by atoms with van der Waals surface area (Å²) in [5, 5.41) is 30.6. The van der Waals surface area contributed by atoms with Gasteiger partial charge in [0.25, 0.3) is 0 Å². The molecule has 21 heteroatoms. The predicted molar refractivity (Wildman–Crippen MR) is 243 cm³/mol. The van der Waals surface area contributed by atoms with Gasteiger partial charge in [-0.15, -0.1) is 0 Å². The molecule has 0 saturated heterocycles. The number of amides is 8. The molecular weight excluding hydrogens is 843 g/mol. The van der Waals surface area contributed by atoms with Gasteiger partial charge in [-0.3, -0.25) is 38.4 Å². The molecule has 0 spiro atoms. The molecule has 1 aromatic rings. The minimum absolute atomic E-state index is 0.0132. The van der Waals surface area contributed by atoms with Crippen LogP contribution in [-0.4, -0.2) is 123 Å². The summed E-state index contributed by atoms with van der Waals surface area (Å²) in [6.07, 6.45) is 3.74. The maximum atomic E-state index is 14.0. The first-order valence-electron chi connectivity index (χ1n) is 22.5. The molecular formula is C44H77N11O10. The van der Waals surface area contributed by atoms with Crippen molar-refractivity contribution < 1.29 is 48.3 Å². The van der Waals surface area contributed by atoms with E-state index in [0.29, 0.717) is 12.1 Å². The van der Waals surface area contributed by atoms with Crippen molar-refractivity contribution in [3.8, 4) is 0 Å². The molecule has 1 rings (SSSR count). The van der Waals surface area contributed by atoms with Crippen LogP contribution in [0.15, 0.2) is 12.5 Å². The smallest absolute Gasteiger partial charge is 0.326 e. The Kier molecular flexibility index (Phi) is 24.4. The number of aromatic nitrogens is 2. The van der Waals surface area contributed by atoms with Crippen LogP contribution in [0.25, 0.3) is 0 Å². The van der Waals surface area contributed by atoms with Crippen molar-refractivity contribution in [3.63, 3.8) is 0 Å². The number of rotatable bonds is 28. The molecule has 0 aliphatic heterocycles. The summed E-state index contributed by atoms with van der Waals surface area (Å²) in [6, 6.07) is -8.98. The van der Waals surface area contributed by atoms with Crippen LogP contribution in [-0.2, 0) is 49.6 Å². The van der Waals surface area contributed by atoms with Crippen molar-refractivity contribution in [2.75, 3.05) is 6.54 Å². The van der Waals surface area contributed by atoms with Crippen LogP contribution < -0.4 is 48.3 Å². The van der Waals surface area contributed by atoms with Crippen molar-refractivity contribution in [3.05, 3.63) is 18.2 Å². The van der Waals surface area contributed by atoms with Gasteiger partial charge < -0.3 is 58.4 Å². The van der Waals surface area contributed by atoms with Gasteiger partial charge in [0.15, 0.2) is 0 Å². The molecule has 1 aromatic heterocycles. The van der Waals surface area contributed by atoms with Gasteiger partial charge in [-0.2, -0.15) is 0 Å². The topological polar surface area (TPSA) is 325 Å². The zero-order valence-corrected chi connectivity index (χ0v) is 40.4. The lowest BCUT2D eigenvalue weighted by Gasteiger charge is -2.31. The monoisotopic (exact) mass is 920 g/mol. The van der Waals surface area contributed by atoms with Crippen LogP contribution in [0.4, 0.5) is 0 Å². The molecule has 9 atom stereocenters. The quantitative estimate of drug-likeness (QED) is 0.0530. The van der Waals surface area contributed by atoms with Crippen molar-refractivity contribution in [1.29, 1.82) is 0 Å². The van der Waals surface area contributed by atoms with Gasteiger partial charge in [0.05, 0.1) is 18.9 Å². The van der Waals surface area contributed by atoms with Gasteiger partial charge in [0, 0.05) is 18.3 Å². The molecule has 12 N–H and O–H groups in total. The van der Waals surface area contributed by atoms with Gasteiger partial charge >= 0.3 is 5.97 Å². The molecule has 368 valence electrons. The SMILES string of the molecule is CC[C@H](C)[C@H](NC(=O)[C@@H](NC(=O)[C@@H](NC(=O)[C@@H](NC(=O)[C@H](Cc1cnc[nH]1)NC(=O)[C@H](CC(C)C)NC(=O)[C@H](C)N)C(C)C)C(C)C)C(C)C)C(=O)NCC(=O)N[C@@H](CC(C)C)C(=O)O. The zero-order valence-electron chi connectivity index (χ0n) is 40.4. The summed E-state index contributed by atoms with van der Waals surface area (Å²) in [7, 11) is 0. The molecule has 0 aromatic carbocycles. The standard InChI is InChI=1S/C44H77N11O10/c1-14-26(12)36(40(60)47-19-32(56)49-31(44(64)65)16-22(4)5)55-43(63)35(25(10)11)54-42(62)34(24(8)9)53-41(61)33(23(6)7)52-39(59)30(17-28-18-46-20-48-28)51-38(58)29(15-21(2)3)50-37(57)27(13)45/h18,20-27,29-31,33-36H,14-17,19,45H2,1-13H3,(H,46,48)(H,47,60)(H,49,56)(H,50,57)(H,51,58)(H,52,59)(H,53,61)(H,54,62)(H,55,63)(H,64,65)/t26-,27-,29-,30-,31-,33-,34-,35-,36-/m0/s1. The number of aliphatic carboxylic acids is 1. The van der Waals surface area contributed by atoms with Gasteiger partial charge in [-0.25, -0.2) is 9.78 Å². The van der Waals surface area contributed by atoms with E-state index in [4.69, 9.17) is 5.73 Å². The van der Waals surface area contributed by atoms with E-state index in [2.05, 4.69) is 52.5 Å². The summed E-state index contributed by atoms with van der Waals surface area (Å²) < 4.78 is 0. The molecule has 65 heavy (non-hydrogen) atoms. The third-order valence-corrected chi connectivity index (χ3v) is 10.7. The summed E-state index contributed by atoms with van der Waals surface area (Å²) in [6.45, 7) is 22.0. The first-order chi connectivity index (χ1) is 30.2. The summed E-state index contributed by atoms with van der Waals surface area (Å²) >= 11 is 0. The van der Waals surface area contributed by atoms with Crippen LogP contribution in [0, 0.1) is 35.5 Å². The van der Waals surface area contributed by atoms with E-state index in [-0.39, 0.29) is 31.1 Å². The molecule has 21 nitrogen and oxygen atoms in total. The summed E-state index contributed by atoms with van der Waals surface area (Å²) in [4.78, 5) is 126. The van der Waals surface area contributed by atoms with Crippen molar-refractivity contribution in [2.45, 2.75) is 164 Å². The molecule has 0 fully saturated rings. The summed E-state index contributed by atoms with van der Waals surface area (Å²) in [5.74, 6) is -8.59. The van der Waals surface area contributed by atoms with E-state index in [1.54, 1.807) is 48.5 Å². The number of H-pyrrole nitrogens is 1. The molecule has 8 amide bonds. The minimum atomic E-state index is -1.23. The van der Waals surface area contributed by atoms with Crippen LogP contribution in [0.1, 0.15) is 115 Å². The third kappa shape index (κ3) is 20.0. The Balaban J connectivity index is 3.26. The highest BCUT2D eigenvalue weighted by atomic mass is 16.4. The second-order valence-corrected chi connectivity index (χ2v) is 18.7. The van der Waals surface area contributed by atoms with E-state index in [9.17, 15) is 48.3 Å². The zero-order chi connectivity index (χ0) is 49.9. The first-order valence-corrected chi connectivity index (χ1v) is 22.5. The second-order valence-electron chi connectivity index (χ2n) is 18.7. The number of nitrogens with one attached hydrogen (secondary N) is 9. The molecule has 0 bridgehead atoms. The number of nitrogens with two attached hydrogens (primary N) is 1. The number of imidazole rings is 1. The van der Waals surface area contributed by atoms with E-state index in [1.165, 1.54) is 19.4 Å². The van der Waals surface area contributed by atoms with Gasteiger partial charge in [-0.05, 0) is 55.3 Å². The highest BCUT2D eigenvalue weighted by Gasteiger charge is 2.37. The maximum absolute atomic E-state index is 14.0. The van der Waals surface area contributed by atoms with E-state index in [1.807, 2.05) is 34.6 Å². The molecule has 0 aliphatic carbocycles. The maximum Gasteiger partial charge on any atom is 0.326 e. The van der Waals surface area contributed by atoms with Crippen LogP contribution in [0.3, 0.4) is 0 Å². The average molecular weight is 920 g/mol. The molecule has 1 heterocycles. The Bertz CT molecular complexity index is 1750. The first kappa shape index (κ1) is 57.4. The van der Waals surface area contributed by atoms with Crippen LogP contribution >= 0.6 is 0 Å². The van der Waals surface area contributed by atoms with E-state index < -0.39 is 132 Å². The molecule has 0 saturated carbocycles. The number of carbonyl (C=O) groups excluding carboxylic acids is 8. The van der Waals surface area contributed by atoms with Gasteiger partial charge in [-0.1, -0.05) is 89.5 Å². The highest BCUT2D eigenvalue weighted by molar-refractivity contribution is 5.98. The number of carboxylic acid groups (broad SMARTS) is 1. The van der Waals surface area contributed by atoms with Crippen molar-refractivity contribution in [2.24, 2.45) is 41.2 Å². The van der Waals surface area contributed by atoms with Crippen molar-refractivity contribution in [1.82, 2.24) is 52.5 Å². The van der Waals surface area contributed by atoms with E-state index >= 15 is 0 Å². The number of carboxylic acids is 1. The number of aromatic amines is 1. The Morgan fingerprint density at radius 2 is 1.00 bits per heavy atom. The van der Waals surface area contributed by atoms with Crippen molar-refractivity contribution >= 4 is 53.2 Å². The highest BCUT2D eigenvalue weighted by Crippen LogP contribution is 2.14. The minimum Gasteiger partial charge on any atom is -0.480 e. The van der Waals surface area contributed by atoms with Crippen LogP contribution in [0.5, 0.6) is 0 Å². The van der Waals surface area contributed by atoms with Crippen LogP contribution in [0.2, 0.25) is 0 Å². The number of hydrogen-bond donors (Lipinski definition) is 11. The number of carbonyl (C=O) groups is 9. The number of nitrogens with zero attached hydrogens (tertiary/aromatic N) is 1. The second kappa shape index (κ2) is 27.7. The Morgan fingerprint density at radius 1 is 0.569 bits per heavy atom.